The summed E-state index contributed by atoms with van der Waals surface area (Å²) < 4.78 is 59.9. The van der Waals surface area contributed by atoms with Gasteiger partial charge in [-0.05, 0) is 40.5 Å². The van der Waals surface area contributed by atoms with Crippen LogP contribution in [-0.2, 0) is 20.0 Å². The van der Waals surface area contributed by atoms with Crippen LogP contribution < -0.4 is 9.44 Å². The molecule has 5 rings (SSSR count). The lowest BCUT2D eigenvalue weighted by Crippen LogP contribution is -2.34. The van der Waals surface area contributed by atoms with Gasteiger partial charge in [-0.2, -0.15) is 0 Å². The Kier molecular flexibility index (Phi) is 9.70. The number of benzene rings is 5. The Bertz CT molecular complexity index is 1740. The van der Waals surface area contributed by atoms with Crippen LogP contribution in [0.15, 0.2) is 155 Å². The van der Waals surface area contributed by atoms with Crippen LogP contribution >= 0.6 is 0 Å². The van der Waals surface area contributed by atoms with Gasteiger partial charge in [0.25, 0.3) is 0 Å². The van der Waals surface area contributed by atoms with Gasteiger partial charge in [-0.1, -0.05) is 127 Å². The molecule has 0 aromatic heterocycles. The molecule has 0 aliphatic carbocycles. The smallest absolute Gasteiger partial charge is 0.241 e. The number of rotatable bonds is 12. The number of hydrogen-bond donors (Lipinski definition) is 4. The van der Waals surface area contributed by atoms with E-state index in [2.05, 4.69) is 9.44 Å². The fraction of sp³-hybridized carbons (Fsp3) is 0.118. The first-order valence-electron chi connectivity index (χ1n) is 13.9. The lowest BCUT2D eigenvalue weighted by molar-refractivity contribution is 0.139. The fourth-order valence-corrected chi connectivity index (χ4v) is 7.54. The first-order chi connectivity index (χ1) is 21.2. The Hall–Kier alpha value is -4.16. The molecule has 0 amide bonds. The average molecular weight is 629 g/mol. The van der Waals surface area contributed by atoms with E-state index in [0.29, 0.717) is 22.3 Å². The van der Waals surface area contributed by atoms with Gasteiger partial charge in [0.1, 0.15) is 0 Å². The van der Waals surface area contributed by atoms with E-state index in [0.717, 1.165) is 6.07 Å². The van der Waals surface area contributed by atoms with Gasteiger partial charge in [-0.15, -0.1) is 0 Å². The highest BCUT2D eigenvalue weighted by Crippen LogP contribution is 2.32. The monoisotopic (exact) mass is 628 g/mol. The summed E-state index contributed by atoms with van der Waals surface area (Å²) >= 11 is 0. The number of nitrogens with one attached hydrogen (secondary N) is 2. The zero-order valence-electron chi connectivity index (χ0n) is 23.5. The predicted molar refractivity (Wildman–Crippen MR) is 168 cm³/mol. The SMILES string of the molecule is O=S(=O)(N[C@@H](c1ccccc1)[C@H](O)c1ccccc1)c1cccc(S(=O)(=O)N[C@@H](c2ccccc2)[C@H](O)c2ccccc2)c1. The number of aliphatic hydroxyl groups excluding tert-OH is 2. The summed E-state index contributed by atoms with van der Waals surface area (Å²) in [6.07, 6.45) is -2.46. The zero-order chi connectivity index (χ0) is 31.2. The molecule has 0 fully saturated rings. The number of hydrogen-bond acceptors (Lipinski definition) is 6. The summed E-state index contributed by atoms with van der Waals surface area (Å²) in [4.78, 5) is -0.608. The van der Waals surface area contributed by atoms with Crippen LogP contribution in [0.2, 0.25) is 0 Å². The summed E-state index contributed by atoms with van der Waals surface area (Å²) in [5.41, 5.74) is 2.07. The van der Waals surface area contributed by atoms with Gasteiger partial charge >= 0.3 is 0 Å². The van der Waals surface area contributed by atoms with Crippen LogP contribution in [0, 0.1) is 0 Å². The largest absolute Gasteiger partial charge is 0.386 e. The maximum absolute atomic E-state index is 13.7. The molecule has 8 nitrogen and oxygen atoms in total. The maximum Gasteiger partial charge on any atom is 0.241 e. The van der Waals surface area contributed by atoms with Crippen LogP contribution in [-0.4, -0.2) is 27.0 Å². The molecule has 4 atom stereocenters. The van der Waals surface area contributed by atoms with E-state index in [1.807, 2.05) is 0 Å². The van der Waals surface area contributed by atoms with Crippen LogP contribution in [0.25, 0.3) is 0 Å². The van der Waals surface area contributed by atoms with Crippen LogP contribution in [0.1, 0.15) is 46.5 Å². The molecular weight excluding hydrogens is 597 g/mol. The molecule has 5 aromatic rings. The first-order valence-corrected chi connectivity index (χ1v) is 16.8. The summed E-state index contributed by atoms with van der Waals surface area (Å²) in [6, 6.07) is 37.5. The molecule has 0 bridgehead atoms. The van der Waals surface area contributed by atoms with Crippen molar-refractivity contribution in [2.45, 2.75) is 34.1 Å². The lowest BCUT2D eigenvalue weighted by atomic mass is 9.97. The van der Waals surface area contributed by atoms with E-state index >= 15 is 0 Å². The third kappa shape index (κ3) is 7.31. The molecule has 5 aromatic carbocycles. The van der Waals surface area contributed by atoms with Crippen molar-refractivity contribution in [2.24, 2.45) is 0 Å². The minimum Gasteiger partial charge on any atom is -0.386 e. The molecule has 0 heterocycles. The predicted octanol–water partition coefficient (Wildman–Crippen LogP) is 5.19. The van der Waals surface area contributed by atoms with Gasteiger partial charge in [-0.25, -0.2) is 26.3 Å². The highest BCUT2D eigenvalue weighted by Gasteiger charge is 2.31. The topological polar surface area (TPSA) is 133 Å². The third-order valence-corrected chi connectivity index (χ3v) is 10.1. The first kappa shape index (κ1) is 31.3. The lowest BCUT2D eigenvalue weighted by Gasteiger charge is -2.26. The molecule has 0 saturated heterocycles. The van der Waals surface area contributed by atoms with E-state index in [9.17, 15) is 27.0 Å². The molecule has 0 radical (unpaired) electrons. The summed E-state index contributed by atoms with van der Waals surface area (Å²) in [6.45, 7) is 0. The molecule has 0 aliphatic heterocycles. The standard InChI is InChI=1S/C34H32N2O6S2/c37-33(27-18-9-3-10-19-27)31(25-14-5-1-6-15-25)35-43(39,40)29-22-13-23-30(24-29)44(41,42)36-32(26-16-7-2-8-17-26)34(38)28-20-11-4-12-21-28/h1-24,31-38H/t31-,32-,33+,34+/m0/s1. The second-order valence-electron chi connectivity index (χ2n) is 10.2. The van der Waals surface area contributed by atoms with Crippen molar-refractivity contribution in [1.82, 2.24) is 9.44 Å². The van der Waals surface area contributed by atoms with Crippen molar-refractivity contribution in [3.8, 4) is 0 Å². The van der Waals surface area contributed by atoms with E-state index in [-0.39, 0.29) is 9.79 Å². The Labute approximate surface area is 257 Å². The Morgan fingerprint density at radius 2 is 0.705 bits per heavy atom. The van der Waals surface area contributed by atoms with Gasteiger partial charge in [0.15, 0.2) is 0 Å². The van der Waals surface area contributed by atoms with Crippen molar-refractivity contribution < 1.29 is 27.0 Å². The Morgan fingerprint density at radius 3 is 1.02 bits per heavy atom. The Morgan fingerprint density at radius 1 is 0.409 bits per heavy atom. The Balaban J connectivity index is 1.46. The number of sulfonamides is 2. The van der Waals surface area contributed by atoms with Crippen LogP contribution in [0.5, 0.6) is 0 Å². The molecule has 44 heavy (non-hydrogen) atoms. The second kappa shape index (κ2) is 13.6. The van der Waals surface area contributed by atoms with E-state index in [1.165, 1.54) is 18.2 Å². The number of aliphatic hydroxyl groups is 2. The minimum atomic E-state index is -4.33. The molecule has 4 N–H and O–H groups in total. The van der Waals surface area contributed by atoms with Gasteiger partial charge in [-0.3, -0.25) is 0 Å². The highest BCUT2D eigenvalue weighted by molar-refractivity contribution is 7.90. The summed E-state index contributed by atoms with van der Waals surface area (Å²) in [5, 5.41) is 22.4. The van der Waals surface area contributed by atoms with Crippen LogP contribution in [0.4, 0.5) is 0 Å². The molecule has 0 unspecified atom stereocenters. The normalized spacial score (nSPS) is 14.8. The summed E-state index contributed by atoms with van der Waals surface area (Å²) in [5.74, 6) is 0. The van der Waals surface area contributed by atoms with Gasteiger partial charge in [0.05, 0.1) is 34.1 Å². The van der Waals surface area contributed by atoms with Crippen molar-refractivity contribution in [3.63, 3.8) is 0 Å². The van der Waals surface area contributed by atoms with E-state index in [4.69, 9.17) is 0 Å². The third-order valence-electron chi connectivity index (χ3n) is 7.22. The quantitative estimate of drug-likeness (QED) is 0.150. The van der Waals surface area contributed by atoms with E-state index < -0.39 is 44.3 Å². The minimum absolute atomic E-state index is 0.304. The molecule has 226 valence electrons. The van der Waals surface area contributed by atoms with E-state index in [1.54, 1.807) is 121 Å². The molecular formula is C34H32N2O6S2. The molecule has 0 saturated carbocycles. The summed E-state index contributed by atoms with van der Waals surface area (Å²) in [7, 11) is -8.67. The highest BCUT2D eigenvalue weighted by atomic mass is 32.2. The van der Waals surface area contributed by atoms with Crippen molar-refractivity contribution in [1.29, 1.82) is 0 Å². The molecule has 0 spiro atoms. The van der Waals surface area contributed by atoms with Gasteiger partial charge in [0.2, 0.25) is 20.0 Å². The van der Waals surface area contributed by atoms with Gasteiger partial charge in [0, 0.05) is 0 Å². The van der Waals surface area contributed by atoms with Crippen molar-refractivity contribution in [3.05, 3.63) is 168 Å². The van der Waals surface area contributed by atoms with Gasteiger partial charge < -0.3 is 10.2 Å². The molecule has 0 aliphatic rings. The zero-order valence-corrected chi connectivity index (χ0v) is 25.1. The van der Waals surface area contributed by atoms with Crippen molar-refractivity contribution in [2.75, 3.05) is 0 Å². The van der Waals surface area contributed by atoms with Crippen LogP contribution in [0.3, 0.4) is 0 Å². The maximum atomic E-state index is 13.7. The van der Waals surface area contributed by atoms with Crippen molar-refractivity contribution >= 4 is 20.0 Å². The fourth-order valence-electron chi connectivity index (χ4n) is 4.91. The second-order valence-corrected chi connectivity index (χ2v) is 13.6. The molecule has 10 heteroatoms. The average Bonchev–Trinajstić information content (AvgIpc) is 3.07.